The van der Waals surface area contributed by atoms with Crippen LogP contribution < -0.4 is 15.1 Å². The number of fused-ring (bicyclic) bond motifs is 1. The molecule has 1 fully saturated rings. The third kappa shape index (κ3) is 4.27. The van der Waals surface area contributed by atoms with E-state index in [9.17, 15) is 4.79 Å². The van der Waals surface area contributed by atoms with Gasteiger partial charge >= 0.3 is 0 Å². The van der Waals surface area contributed by atoms with Gasteiger partial charge in [-0.25, -0.2) is 4.99 Å². The third-order valence-electron chi connectivity index (χ3n) is 5.76. The van der Waals surface area contributed by atoms with E-state index in [1.165, 1.54) is 23.2 Å². The summed E-state index contributed by atoms with van der Waals surface area (Å²) in [6.07, 6.45) is 5.94. The van der Waals surface area contributed by atoms with Crippen LogP contribution in [0.25, 0.3) is 0 Å². The fraction of sp³-hybridized carbons (Fsp3) is 0.500. The molecule has 30 heavy (non-hydrogen) atoms. The predicted octanol–water partition coefficient (Wildman–Crippen LogP) is 1.62. The molecule has 8 heteroatoms. The number of anilines is 2. The van der Waals surface area contributed by atoms with Gasteiger partial charge in [0.05, 0.1) is 18.4 Å². The average molecular weight is 410 g/mol. The van der Waals surface area contributed by atoms with Crippen LogP contribution in [0.2, 0.25) is 0 Å². The van der Waals surface area contributed by atoms with E-state index in [2.05, 4.69) is 47.5 Å². The lowest BCUT2D eigenvalue weighted by Gasteiger charge is -2.35. The lowest BCUT2D eigenvalue weighted by Crippen LogP contribution is -2.55. The molecule has 160 valence electrons. The van der Waals surface area contributed by atoms with E-state index in [-0.39, 0.29) is 5.91 Å². The summed E-state index contributed by atoms with van der Waals surface area (Å²) in [5.41, 5.74) is 4.79. The van der Waals surface area contributed by atoms with Gasteiger partial charge < -0.3 is 20.0 Å². The van der Waals surface area contributed by atoms with Crippen molar-refractivity contribution >= 4 is 23.2 Å². The van der Waals surface area contributed by atoms with Gasteiger partial charge in [0.25, 0.3) is 0 Å². The number of hydrogen-bond donors (Lipinski definition) is 1. The molecule has 0 radical (unpaired) electrons. The van der Waals surface area contributed by atoms with Crippen molar-refractivity contribution in [2.75, 3.05) is 49.6 Å². The van der Waals surface area contributed by atoms with Crippen LogP contribution in [-0.2, 0) is 24.8 Å². The van der Waals surface area contributed by atoms with Crippen LogP contribution in [0.5, 0.6) is 0 Å². The molecule has 0 aliphatic carbocycles. The minimum absolute atomic E-state index is 0.0664. The minimum Gasteiger partial charge on any atom is -0.374 e. The number of benzene rings is 1. The fourth-order valence-corrected chi connectivity index (χ4v) is 4.20. The van der Waals surface area contributed by atoms with Gasteiger partial charge in [-0.3, -0.25) is 9.48 Å². The molecular weight excluding hydrogens is 378 g/mol. The Bertz CT molecular complexity index is 935. The smallest absolute Gasteiger partial charge is 0.246 e. The van der Waals surface area contributed by atoms with E-state index in [4.69, 9.17) is 4.99 Å². The molecule has 0 atom stereocenters. The highest BCUT2D eigenvalue weighted by Crippen LogP contribution is 2.27. The number of rotatable bonds is 4. The molecule has 2 aliphatic rings. The second kappa shape index (κ2) is 8.77. The Hall–Kier alpha value is -3.03. The Labute approximate surface area is 178 Å². The van der Waals surface area contributed by atoms with Crippen molar-refractivity contribution in [1.29, 1.82) is 0 Å². The second-order valence-corrected chi connectivity index (χ2v) is 8.00. The molecule has 8 nitrogen and oxygen atoms in total. The summed E-state index contributed by atoms with van der Waals surface area (Å²) in [5, 5.41) is 7.53. The maximum absolute atomic E-state index is 12.7. The fourth-order valence-electron chi connectivity index (χ4n) is 4.20. The number of aliphatic imine (C=N–C) groups is 1. The van der Waals surface area contributed by atoms with Crippen molar-refractivity contribution in [2.45, 2.75) is 26.3 Å². The van der Waals surface area contributed by atoms with E-state index in [0.717, 1.165) is 37.7 Å². The Balaban J connectivity index is 1.45. The summed E-state index contributed by atoms with van der Waals surface area (Å²) < 4.78 is 1.72. The first-order chi connectivity index (χ1) is 14.5. The molecule has 1 N–H and O–H groups in total. The number of nitrogens with one attached hydrogen (secondary N) is 1. The van der Waals surface area contributed by atoms with Gasteiger partial charge in [0, 0.05) is 52.2 Å². The number of amides is 1. The van der Waals surface area contributed by atoms with Crippen molar-refractivity contribution in [3.63, 3.8) is 0 Å². The normalized spacial score (nSPS) is 17.4. The topological polar surface area (TPSA) is 69.0 Å². The maximum atomic E-state index is 12.7. The van der Waals surface area contributed by atoms with Crippen LogP contribution in [0, 0.1) is 0 Å². The molecule has 1 amide bonds. The molecule has 4 rings (SSSR count). The Kier molecular flexibility index (Phi) is 5.92. The van der Waals surface area contributed by atoms with E-state index < -0.39 is 0 Å². The SMILES string of the molecule is CCNC(=NCc1ccc2c(c1)CCCN2C)N1CCN(c2cnn(C)c2)C(=O)C1. The summed E-state index contributed by atoms with van der Waals surface area (Å²) in [7, 11) is 4.01. The zero-order chi connectivity index (χ0) is 21.1. The first-order valence-corrected chi connectivity index (χ1v) is 10.7. The Morgan fingerprint density at radius 2 is 2.10 bits per heavy atom. The van der Waals surface area contributed by atoms with Crippen molar-refractivity contribution in [3.05, 3.63) is 41.7 Å². The van der Waals surface area contributed by atoms with Crippen molar-refractivity contribution in [1.82, 2.24) is 20.0 Å². The summed E-state index contributed by atoms with van der Waals surface area (Å²) in [6, 6.07) is 6.66. The second-order valence-electron chi connectivity index (χ2n) is 8.00. The molecule has 3 heterocycles. The number of nitrogens with zero attached hydrogens (tertiary/aromatic N) is 6. The quantitative estimate of drug-likeness (QED) is 0.614. The first-order valence-electron chi connectivity index (χ1n) is 10.7. The zero-order valence-corrected chi connectivity index (χ0v) is 18.1. The van der Waals surface area contributed by atoms with E-state index in [1.54, 1.807) is 15.8 Å². The van der Waals surface area contributed by atoms with Crippen molar-refractivity contribution in [3.8, 4) is 0 Å². The number of aromatic nitrogens is 2. The van der Waals surface area contributed by atoms with E-state index >= 15 is 0 Å². The predicted molar refractivity (Wildman–Crippen MR) is 120 cm³/mol. The Morgan fingerprint density at radius 3 is 2.83 bits per heavy atom. The minimum atomic E-state index is 0.0664. The highest BCUT2D eigenvalue weighted by Gasteiger charge is 2.27. The lowest BCUT2D eigenvalue weighted by atomic mass is 10.00. The number of carbonyl (C=O) groups excluding carboxylic acids is 1. The maximum Gasteiger partial charge on any atom is 0.246 e. The highest BCUT2D eigenvalue weighted by atomic mass is 16.2. The zero-order valence-electron chi connectivity index (χ0n) is 18.1. The summed E-state index contributed by atoms with van der Waals surface area (Å²) in [5.74, 6) is 0.864. The third-order valence-corrected chi connectivity index (χ3v) is 5.76. The number of carbonyl (C=O) groups is 1. The Morgan fingerprint density at radius 1 is 1.23 bits per heavy atom. The number of piperazine rings is 1. The number of aryl methyl sites for hydroxylation is 2. The van der Waals surface area contributed by atoms with E-state index in [1.807, 2.05) is 18.1 Å². The number of hydrogen-bond acceptors (Lipinski definition) is 4. The molecule has 0 saturated carbocycles. The van der Waals surface area contributed by atoms with Crippen molar-refractivity contribution < 1.29 is 4.79 Å². The van der Waals surface area contributed by atoms with Crippen LogP contribution in [-0.4, -0.2) is 66.3 Å². The van der Waals surface area contributed by atoms with Crippen LogP contribution in [0.3, 0.4) is 0 Å². The first kappa shape index (κ1) is 20.3. The summed E-state index contributed by atoms with van der Waals surface area (Å²) in [4.78, 5) is 23.8. The van der Waals surface area contributed by atoms with Gasteiger partial charge in [0.15, 0.2) is 5.96 Å². The van der Waals surface area contributed by atoms with Gasteiger partial charge in [-0.2, -0.15) is 5.10 Å². The van der Waals surface area contributed by atoms with E-state index in [0.29, 0.717) is 19.6 Å². The van der Waals surface area contributed by atoms with Crippen molar-refractivity contribution in [2.24, 2.45) is 12.0 Å². The molecule has 1 aromatic heterocycles. The molecular formula is C22H31N7O. The molecule has 0 unspecified atom stereocenters. The summed E-state index contributed by atoms with van der Waals surface area (Å²) >= 11 is 0. The number of guanidine groups is 1. The standard InChI is InChI=1S/C22H31N7O/c1-4-23-22(24-13-17-7-8-20-18(12-17)6-5-9-26(20)2)28-10-11-29(21(30)16-28)19-14-25-27(3)15-19/h7-8,12,14-15H,4-6,9-11,13,16H2,1-3H3,(H,23,24). The van der Waals surface area contributed by atoms with Crippen LogP contribution >= 0.6 is 0 Å². The lowest BCUT2D eigenvalue weighted by molar-refractivity contribution is -0.120. The van der Waals surface area contributed by atoms with Gasteiger partial charge in [-0.15, -0.1) is 0 Å². The van der Waals surface area contributed by atoms with Gasteiger partial charge in [-0.1, -0.05) is 12.1 Å². The molecule has 2 aromatic rings. The largest absolute Gasteiger partial charge is 0.374 e. The molecule has 1 saturated heterocycles. The summed E-state index contributed by atoms with van der Waals surface area (Å²) in [6.45, 7) is 6.23. The average Bonchev–Trinajstić information content (AvgIpc) is 3.17. The van der Waals surface area contributed by atoms with Gasteiger partial charge in [0.2, 0.25) is 5.91 Å². The molecule has 0 spiro atoms. The van der Waals surface area contributed by atoms with Crippen LogP contribution in [0.15, 0.2) is 35.6 Å². The van der Waals surface area contributed by atoms with Gasteiger partial charge in [0.1, 0.15) is 6.54 Å². The molecule has 0 bridgehead atoms. The highest BCUT2D eigenvalue weighted by molar-refractivity contribution is 5.98. The van der Waals surface area contributed by atoms with Gasteiger partial charge in [-0.05, 0) is 37.0 Å². The van der Waals surface area contributed by atoms with Crippen LogP contribution in [0.1, 0.15) is 24.5 Å². The van der Waals surface area contributed by atoms with Crippen LogP contribution in [0.4, 0.5) is 11.4 Å². The monoisotopic (exact) mass is 409 g/mol. The molecule has 1 aromatic carbocycles. The molecule has 2 aliphatic heterocycles.